The summed E-state index contributed by atoms with van der Waals surface area (Å²) in [6, 6.07) is 16.3. The average Bonchev–Trinajstić information content (AvgIpc) is 3.29. The normalized spacial score (nSPS) is 16.4. The lowest BCUT2D eigenvalue weighted by molar-refractivity contribution is 0.0484. The molecule has 6 nitrogen and oxygen atoms in total. The van der Waals surface area contributed by atoms with Crippen molar-refractivity contribution in [1.29, 1.82) is 0 Å². The molecule has 0 radical (unpaired) electrons. The first-order valence-corrected chi connectivity index (χ1v) is 11.2. The van der Waals surface area contributed by atoms with Crippen LogP contribution in [-0.2, 0) is 11.2 Å². The highest BCUT2D eigenvalue weighted by Gasteiger charge is 2.29. The van der Waals surface area contributed by atoms with Gasteiger partial charge in [0.1, 0.15) is 0 Å². The van der Waals surface area contributed by atoms with E-state index in [1.165, 1.54) is 5.56 Å². The minimum atomic E-state index is 0.0397. The van der Waals surface area contributed by atoms with Crippen molar-refractivity contribution in [3.63, 3.8) is 0 Å². The summed E-state index contributed by atoms with van der Waals surface area (Å²) in [6.45, 7) is 4.50. The van der Waals surface area contributed by atoms with E-state index in [2.05, 4.69) is 35.2 Å². The third-order valence-electron chi connectivity index (χ3n) is 6.20. The number of carbonyl (C=O) groups is 1. The summed E-state index contributed by atoms with van der Waals surface area (Å²) in [5.74, 6) is 1.38. The highest BCUT2D eigenvalue weighted by molar-refractivity contribution is 5.95. The molecule has 1 fully saturated rings. The third kappa shape index (κ3) is 5.57. The van der Waals surface area contributed by atoms with Gasteiger partial charge in [-0.05, 0) is 56.0 Å². The lowest BCUT2D eigenvalue weighted by Crippen LogP contribution is -2.48. The van der Waals surface area contributed by atoms with Gasteiger partial charge in [-0.2, -0.15) is 0 Å². The van der Waals surface area contributed by atoms with Crippen LogP contribution in [0.25, 0.3) is 0 Å². The van der Waals surface area contributed by atoms with Crippen LogP contribution in [0.3, 0.4) is 0 Å². The van der Waals surface area contributed by atoms with E-state index in [0.29, 0.717) is 30.2 Å². The molecule has 2 aromatic carbocycles. The second-order valence-electron chi connectivity index (χ2n) is 8.22. The van der Waals surface area contributed by atoms with Crippen LogP contribution in [0.15, 0.2) is 48.5 Å². The van der Waals surface area contributed by atoms with Crippen LogP contribution in [0.4, 0.5) is 0 Å². The van der Waals surface area contributed by atoms with Gasteiger partial charge in [-0.15, -0.1) is 0 Å². The van der Waals surface area contributed by atoms with Gasteiger partial charge < -0.3 is 24.0 Å². The molecule has 0 atom stereocenters. The lowest BCUT2D eigenvalue weighted by atomic mass is 10.0. The number of rotatable bonds is 9. The maximum absolute atomic E-state index is 13.3. The fourth-order valence-corrected chi connectivity index (χ4v) is 4.44. The third-order valence-corrected chi connectivity index (χ3v) is 6.20. The van der Waals surface area contributed by atoms with Crippen molar-refractivity contribution in [2.75, 3.05) is 46.7 Å². The van der Waals surface area contributed by atoms with Gasteiger partial charge in [-0.25, -0.2) is 0 Å². The molecule has 2 aliphatic rings. The predicted molar refractivity (Wildman–Crippen MR) is 120 cm³/mol. The Morgan fingerprint density at radius 2 is 1.87 bits per heavy atom. The zero-order valence-electron chi connectivity index (χ0n) is 18.3. The molecule has 0 aliphatic carbocycles. The van der Waals surface area contributed by atoms with Crippen molar-refractivity contribution < 1.29 is 19.0 Å². The van der Waals surface area contributed by atoms with Gasteiger partial charge in [-0.1, -0.05) is 30.3 Å². The van der Waals surface area contributed by atoms with Crippen LogP contribution in [0.5, 0.6) is 11.5 Å². The number of amides is 1. The van der Waals surface area contributed by atoms with Crippen LogP contribution in [0, 0.1) is 0 Å². The molecule has 0 spiro atoms. The van der Waals surface area contributed by atoms with Gasteiger partial charge >= 0.3 is 0 Å². The number of fused-ring (bicyclic) bond motifs is 1. The van der Waals surface area contributed by atoms with Crippen LogP contribution in [-0.4, -0.2) is 68.4 Å². The Morgan fingerprint density at radius 1 is 1.10 bits per heavy atom. The minimum absolute atomic E-state index is 0.0397. The molecule has 0 N–H and O–H groups in total. The number of hydrogen-bond donors (Lipinski definition) is 0. The van der Waals surface area contributed by atoms with Gasteiger partial charge in [0.15, 0.2) is 11.5 Å². The van der Waals surface area contributed by atoms with Crippen LogP contribution < -0.4 is 9.47 Å². The largest absolute Gasteiger partial charge is 0.454 e. The highest BCUT2D eigenvalue weighted by Crippen LogP contribution is 2.33. The number of piperidine rings is 1. The summed E-state index contributed by atoms with van der Waals surface area (Å²) in [7, 11) is 1.68. The van der Waals surface area contributed by atoms with Crippen LogP contribution in [0.1, 0.15) is 35.2 Å². The summed E-state index contributed by atoms with van der Waals surface area (Å²) in [4.78, 5) is 17.8. The Bertz CT molecular complexity index is 850. The molecule has 2 aromatic rings. The van der Waals surface area contributed by atoms with Gasteiger partial charge in [0.25, 0.3) is 5.91 Å². The van der Waals surface area contributed by atoms with Crippen molar-refractivity contribution in [1.82, 2.24) is 9.80 Å². The summed E-state index contributed by atoms with van der Waals surface area (Å²) < 4.78 is 16.1. The Hall–Kier alpha value is -2.57. The molecule has 166 valence electrons. The second kappa shape index (κ2) is 10.6. The number of methoxy groups -OCH3 is 1. The Labute approximate surface area is 184 Å². The highest BCUT2D eigenvalue weighted by atomic mass is 16.7. The lowest BCUT2D eigenvalue weighted by Gasteiger charge is -2.38. The zero-order valence-corrected chi connectivity index (χ0v) is 18.3. The van der Waals surface area contributed by atoms with Crippen molar-refractivity contribution in [2.24, 2.45) is 0 Å². The Kier molecular flexibility index (Phi) is 7.43. The first-order valence-electron chi connectivity index (χ1n) is 11.2. The van der Waals surface area contributed by atoms with Crippen LogP contribution >= 0.6 is 0 Å². The molecule has 31 heavy (non-hydrogen) atoms. The van der Waals surface area contributed by atoms with Gasteiger partial charge in [0, 0.05) is 38.3 Å². The quantitative estimate of drug-likeness (QED) is 0.616. The molecule has 1 saturated heterocycles. The van der Waals surface area contributed by atoms with E-state index in [1.807, 2.05) is 17.0 Å². The molecule has 6 heteroatoms. The van der Waals surface area contributed by atoms with Crippen molar-refractivity contribution in [3.8, 4) is 11.5 Å². The number of ether oxygens (including phenoxy) is 3. The maximum Gasteiger partial charge on any atom is 0.254 e. The molecular formula is C25H32N2O4. The fraction of sp³-hybridized carbons (Fsp3) is 0.480. The van der Waals surface area contributed by atoms with E-state index in [0.717, 1.165) is 45.3 Å². The molecule has 0 aromatic heterocycles. The standard InChI is InChI=1S/C25H32N2O4/c1-29-17-16-27(25(28)21-9-10-23-24(18-21)31-19-30-23)22-11-14-26(15-12-22)13-5-8-20-6-3-2-4-7-20/h2-4,6-7,9-10,18,22H,5,8,11-17,19H2,1H3. The van der Waals surface area contributed by atoms with Crippen molar-refractivity contribution in [2.45, 2.75) is 31.7 Å². The summed E-state index contributed by atoms with van der Waals surface area (Å²) in [5.41, 5.74) is 2.04. The number of benzene rings is 2. The zero-order chi connectivity index (χ0) is 21.5. The molecule has 0 unspecified atom stereocenters. The van der Waals surface area contributed by atoms with Crippen molar-refractivity contribution >= 4 is 5.91 Å². The minimum Gasteiger partial charge on any atom is -0.454 e. The van der Waals surface area contributed by atoms with E-state index < -0.39 is 0 Å². The molecule has 2 heterocycles. The van der Waals surface area contributed by atoms with Gasteiger partial charge in [-0.3, -0.25) is 4.79 Å². The topological polar surface area (TPSA) is 51.2 Å². The van der Waals surface area contributed by atoms with E-state index in [-0.39, 0.29) is 18.7 Å². The number of carbonyl (C=O) groups excluding carboxylic acids is 1. The Morgan fingerprint density at radius 3 is 2.65 bits per heavy atom. The van der Waals surface area contributed by atoms with Crippen LogP contribution in [0.2, 0.25) is 0 Å². The summed E-state index contributed by atoms with van der Waals surface area (Å²) in [6.07, 6.45) is 4.26. The molecule has 0 saturated carbocycles. The molecule has 4 rings (SSSR count). The maximum atomic E-state index is 13.3. The van der Waals surface area contributed by atoms with Gasteiger partial charge in [0.05, 0.1) is 6.61 Å². The summed E-state index contributed by atoms with van der Waals surface area (Å²) in [5, 5.41) is 0. The Balaban J connectivity index is 1.31. The molecule has 0 bridgehead atoms. The fourth-order valence-electron chi connectivity index (χ4n) is 4.44. The number of hydrogen-bond acceptors (Lipinski definition) is 5. The smallest absolute Gasteiger partial charge is 0.254 e. The van der Waals surface area contributed by atoms with E-state index in [9.17, 15) is 4.79 Å². The van der Waals surface area contributed by atoms with E-state index in [1.54, 1.807) is 13.2 Å². The van der Waals surface area contributed by atoms with E-state index in [4.69, 9.17) is 14.2 Å². The monoisotopic (exact) mass is 424 g/mol. The predicted octanol–water partition coefficient (Wildman–Crippen LogP) is 3.60. The number of likely N-dealkylation sites (tertiary alicyclic amines) is 1. The first kappa shape index (κ1) is 21.7. The number of nitrogens with zero attached hydrogens (tertiary/aromatic N) is 2. The SMILES string of the molecule is COCCN(C(=O)c1ccc2c(c1)OCO2)C1CCN(CCCc2ccccc2)CC1. The molecular weight excluding hydrogens is 392 g/mol. The molecule has 1 amide bonds. The van der Waals surface area contributed by atoms with Gasteiger partial charge in [0.2, 0.25) is 6.79 Å². The average molecular weight is 425 g/mol. The molecule has 2 aliphatic heterocycles. The first-order chi connectivity index (χ1) is 15.2. The summed E-state index contributed by atoms with van der Waals surface area (Å²) >= 11 is 0. The van der Waals surface area contributed by atoms with Crippen molar-refractivity contribution in [3.05, 3.63) is 59.7 Å². The van der Waals surface area contributed by atoms with E-state index >= 15 is 0 Å². The second-order valence-corrected chi connectivity index (χ2v) is 8.22. The number of aryl methyl sites for hydroxylation is 1.